The van der Waals surface area contributed by atoms with Crippen molar-refractivity contribution in [1.29, 1.82) is 0 Å². The second-order valence-electron chi connectivity index (χ2n) is 6.40. The molecule has 2 aromatic carbocycles. The highest BCUT2D eigenvalue weighted by atomic mass is 19.2. The lowest BCUT2D eigenvalue weighted by Crippen LogP contribution is -2.41. The lowest BCUT2D eigenvalue weighted by Gasteiger charge is -2.31. The van der Waals surface area contributed by atoms with Crippen LogP contribution in [0, 0.1) is 21.7 Å². The van der Waals surface area contributed by atoms with Gasteiger partial charge in [0.2, 0.25) is 5.91 Å². The minimum absolute atomic E-state index is 0.00779. The van der Waals surface area contributed by atoms with Gasteiger partial charge in [-0.05, 0) is 35.9 Å². The van der Waals surface area contributed by atoms with Gasteiger partial charge in [-0.15, -0.1) is 0 Å². The first-order valence-corrected chi connectivity index (χ1v) is 8.75. The summed E-state index contributed by atoms with van der Waals surface area (Å²) in [6.07, 6.45) is 4.02. The number of nitrogens with zero attached hydrogens (tertiary/aromatic N) is 2. The van der Waals surface area contributed by atoms with Gasteiger partial charge in [-0.2, -0.15) is 0 Å². The van der Waals surface area contributed by atoms with E-state index in [1.807, 2.05) is 0 Å². The van der Waals surface area contributed by atoms with Crippen molar-refractivity contribution in [1.82, 2.24) is 4.90 Å². The number of ether oxygens (including phenoxy) is 1. The van der Waals surface area contributed by atoms with E-state index in [0.717, 1.165) is 12.1 Å². The van der Waals surface area contributed by atoms with Crippen LogP contribution in [0.5, 0.6) is 5.75 Å². The van der Waals surface area contributed by atoms with Crippen LogP contribution in [-0.2, 0) is 4.79 Å². The molecular weight excluding hydrogens is 370 g/mol. The minimum Gasteiger partial charge on any atom is -0.490 e. The van der Waals surface area contributed by atoms with Crippen LogP contribution in [0.3, 0.4) is 0 Å². The number of hydrogen-bond donors (Lipinski definition) is 0. The molecule has 0 radical (unpaired) electrons. The number of carbonyl (C=O) groups is 1. The van der Waals surface area contributed by atoms with E-state index in [-0.39, 0.29) is 23.4 Å². The van der Waals surface area contributed by atoms with Crippen molar-refractivity contribution in [3.63, 3.8) is 0 Å². The fourth-order valence-corrected chi connectivity index (χ4v) is 2.92. The van der Waals surface area contributed by atoms with E-state index in [9.17, 15) is 23.7 Å². The molecule has 1 amide bonds. The Morgan fingerprint density at radius 3 is 2.39 bits per heavy atom. The number of hydrogen-bond acceptors (Lipinski definition) is 4. The van der Waals surface area contributed by atoms with Gasteiger partial charge in [0.15, 0.2) is 11.6 Å². The molecule has 0 atom stereocenters. The van der Waals surface area contributed by atoms with Crippen LogP contribution in [0.15, 0.2) is 48.5 Å². The molecule has 1 fully saturated rings. The first kappa shape index (κ1) is 19.5. The standard InChI is InChI=1S/C20H18F2N2O4/c21-18-7-6-17(13-19(18)22)28-16-9-11-23(12-10-16)20(25)8-3-14-1-4-15(5-2-14)24(26)27/h1-8,13,16H,9-12H2/b8-3+. The molecule has 0 saturated carbocycles. The predicted octanol–water partition coefficient (Wildman–Crippen LogP) is 3.96. The fourth-order valence-electron chi connectivity index (χ4n) is 2.92. The van der Waals surface area contributed by atoms with Gasteiger partial charge in [0.25, 0.3) is 5.69 Å². The second kappa shape index (κ2) is 8.60. The number of nitro benzene ring substituents is 1. The van der Waals surface area contributed by atoms with E-state index in [2.05, 4.69) is 0 Å². The van der Waals surface area contributed by atoms with E-state index >= 15 is 0 Å². The number of carbonyl (C=O) groups excluding carboxylic acids is 1. The maximum absolute atomic E-state index is 13.2. The normalized spacial score (nSPS) is 15.0. The number of non-ortho nitro benzene ring substituents is 1. The highest BCUT2D eigenvalue weighted by Gasteiger charge is 2.23. The number of rotatable bonds is 5. The van der Waals surface area contributed by atoms with Crippen LogP contribution >= 0.6 is 0 Å². The van der Waals surface area contributed by atoms with Crippen LogP contribution in [0.2, 0.25) is 0 Å². The minimum atomic E-state index is -0.957. The van der Waals surface area contributed by atoms with Gasteiger partial charge in [-0.25, -0.2) is 8.78 Å². The first-order valence-electron chi connectivity index (χ1n) is 8.75. The molecule has 2 aromatic rings. The summed E-state index contributed by atoms with van der Waals surface area (Å²) in [4.78, 5) is 24.1. The summed E-state index contributed by atoms with van der Waals surface area (Å²) in [5.41, 5.74) is 0.682. The number of likely N-dealkylation sites (tertiary alicyclic amines) is 1. The molecule has 1 aliphatic heterocycles. The van der Waals surface area contributed by atoms with Crippen molar-refractivity contribution >= 4 is 17.7 Å². The molecule has 1 heterocycles. The van der Waals surface area contributed by atoms with E-state index in [1.54, 1.807) is 23.1 Å². The molecule has 1 aliphatic rings. The molecule has 28 heavy (non-hydrogen) atoms. The summed E-state index contributed by atoms with van der Waals surface area (Å²) >= 11 is 0. The Hall–Kier alpha value is -3.29. The summed E-state index contributed by atoms with van der Waals surface area (Å²) in [6.45, 7) is 0.968. The highest BCUT2D eigenvalue weighted by molar-refractivity contribution is 5.91. The Balaban J connectivity index is 1.50. The van der Waals surface area contributed by atoms with Crippen LogP contribution in [-0.4, -0.2) is 34.9 Å². The molecule has 0 aromatic heterocycles. The fraction of sp³-hybridized carbons (Fsp3) is 0.250. The Bertz CT molecular complexity index is 892. The van der Waals surface area contributed by atoms with Gasteiger partial charge < -0.3 is 9.64 Å². The Kier molecular flexibility index (Phi) is 5.98. The number of amides is 1. The maximum Gasteiger partial charge on any atom is 0.269 e. The van der Waals surface area contributed by atoms with Crippen molar-refractivity contribution in [3.05, 3.63) is 75.9 Å². The lowest BCUT2D eigenvalue weighted by molar-refractivity contribution is -0.384. The van der Waals surface area contributed by atoms with E-state index in [1.165, 1.54) is 24.3 Å². The molecule has 1 saturated heterocycles. The molecule has 0 unspecified atom stereocenters. The molecule has 8 heteroatoms. The first-order chi connectivity index (χ1) is 13.4. The van der Waals surface area contributed by atoms with Crippen molar-refractivity contribution < 1.29 is 23.2 Å². The predicted molar refractivity (Wildman–Crippen MR) is 98.7 cm³/mol. The van der Waals surface area contributed by atoms with Crippen LogP contribution in [0.25, 0.3) is 6.08 Å². The molecular formula is C20H18F2N2O4. The topological polar surface area (TPSA) is 72.7 Å². The smallest absolute Gasteiger partial charge is 0.269 e. The summed E-state index contributed by atoms with van der Waals surface area (Å²) in [6, 6.07) is 9.32. The number of piperidine rings is 1. The zero-order valence-corrected chi connectivity index (χ0v) is 14.9. The van der Waals surface area contributed by atoms with Crippen LogP contribution < -0.4 is 4.74 Å². The van der Waals surface area contributed by atoms with Gasteiger partial charge in [0, 0.05) is 50.2 Å². The molecule has 146 valence electrons. The number of nitro groups is 1. The van der Waals surface area contributed by atoms with Crippen LogP contribution in [0.4, 0.5) is 14.5 Å². The van der Waals surface area contributed by atoms with Gasteiger partial charge >= 0.3 is 0 Å². The number of benzene rings is 2. The molecule has 0 N–H and O–H groups in total. The Labute approximate surface area is 160 Å². The zero-order chi connectivity index (χ0) is 20.1. The summed E-state index contributed by atoms with van der Waals surface area (Å²) < 4.78 is 31.9. The van der Waals surface area contributed by atoms with Gasteiger partial charge in [0.1, 0.15) is 11.9 Å². The average Bonchev–Trinajstić information content (AvgIpc) is 2.70. The van der Waals surface area contributed by atoms with Crippen molar-refractivity contribution in [2.45, 2.75) is 18.9 Å². The molecule has 3 rings (SSSR count). The van der Waals surface area contributed by atoms with Crippen molar-refractivity contribution in [2.24, 2.45) is 0 Å². The molecule has 6 nitrogen and oxygen atoms in total. The Morgan fingerprint density at radius 1 is 1.11 bits per heavy atom. The highest BCUT2D eigenvalue weighted by Crippen LogP contribution is 2.21. The second-order valence-corrected chi connectivity index (χ2v) is 6.40. The monoisotopic (exact) mass is 388 g/mol. The van der Waals surface area contributed by atoms with Gasteiger partial charge in [0.05, 0.1) is 4.92 Å². The summed E-state index contributed by atoms with van der Waals surface area (Å²) in [5, 5.41) is 10.6. The largest absolute Gasteiger partial charge is 0.490 e. The average molecular weight is 388 g/mol. The van der Waals surface area contributed by atoms with Gasteiger partial charge in [-0.3, -0.25) is 14.9 Å². The maximum atomic E-state index is 13.2. The summed E-state index contributed by atoms with van der Waals surface area (Å²) in [5.74, 6) is -1.78. The number of halogens is 2. The SMILES string of the molecule is O=C(/C=C/c1ccc([N+](=O)[O-])cc1)N1CCC(Oc2ccc(F)c(F)c2)CC1. The molecule has 0 bridgehead atoms. The summed E-state index contributed by atoms with van der Waals surface area (Å²) in [7, 11) is 0. The van der Waals surface area contributed by atoms with Crippen molar-refractivity contribution in [2.75, 3.05) is 13.1 Å². The third-order valence-electron chi connectivity index (χ3n) is 4.47. The molecule has 0 spiro atoms. The third-order valence-corrected chi connectivity index (χ3v) is 4.47. The van der Waals surface area contributed by atoms with Crippen molar-refractivity contribution in [3.8, 4) is 5.75 Å². The lowest BCUT2D eigenvalue weighted by atomic mass is 10.1. The quantitative estimate of drug-likeness (QED) is 0.442. The zero-order valence-electron chi connectivity index (χ0n) is 14.9. The van der Waals surface area contributed by atoms with E-state index in [4.69, 9.17) is 4.74 Å². The van der Waals surface area contributed by atoms with Crippen LogP contribution in [0.1, 0.15) is 18.4 Å². The van der Waals surface area contributed by atoms with E-state index in [0.29, 0.717) is 31.5 Å². The Morgan fingerprint density at radius 2 is 1.79 bits per heavy atom. The third kappa shape index (κ3) is 4.91. The van der Waals surface area contributed by atoms with Gasteiger partial charge in [-0.1, -0.05) is 0 Å². The van der Waals surface area contributed by atoms with E-state index < -0.39 is 16.6 Å². The molecule has 0 aliphatic carbocycles.